The van der Waals surface area contributed by atoms with Crippen molar-refractivity contribution in [3.63, 3.8) is 0 Å². The number of hydrogen-bond acceptors (Lipinski definition) is 6. The van der Waals surface area contributed by atoms with Crippen molar-refractivity contribution in [2.24, 2.45) is 0 Å². The molecule has 0 aliphatic carbocycles. The number of aryl methyl sites for hydroxylation is 1. The first kappa shape index (κ1) is 17.3. The molecule has 0 saturated carbocycles. The van der Waals surface area contributed by atoms with E-state index in [1.807, 2.05) is 0 Å². The maximum Gasteiger partial charge on any atom is 0.270 e. The Morgan fingerprint density at radius 2 is 2.04 bits per heavy atom. The molecule has 1 atom stereocenters. The summed E-state index contributed by atoms with van der Waals surface area (Å²) in [6.07, 6.45) is 0.387. The van der Waals surface area contributed by atoms with Crippen molar-refractivity contribution in [1.82, 2.24) is 15.3 Å². The van der Waals surface area contributed by atoms with Gasteiger partial charge in [-0.3, -0.25) is 4.79 Å². The zero-order chi connectivity index (χ0) is 18.0. The summed E-state index contributed by atoms with van der Waals surface area (Å²) >= 11 is 0. The van der Waals surface area contributed by atoms with Crippen LogP contribution in [0.15, 0.2) is 30.3 Å². The van der Waals surface area contributed by atoms with Crippen LogP contribution in [-0.4, -0.2) is 41.8 Å². The number of carbonyl (C=O) groups is 1. The van der Waals surface area contributed by atoms with Gasteiger partial charge in [0, 0.05) is 12.1 Å². The van der Waals surface area contributed by atoms with Crippen molar-refractivity contribution in [3.8, 4) is 0 Å². The molecule has 0 spiro atoms. The number of hydrogen-bond donors (Lipinski definition) is 2. The standard InChI is InChI=1S/C16H17FN4O3S/c1-10-18-14(16(22)20-11-6-7-25(23,24)9-11)8-15(19-10)21-13-5-3-2-4-12(13)17/h2-5,8,11H,6-7,9H2,1H3,(H,20,22)(H,18,19,21). The Labute approximate surface area is 144 Å². The van der Waals surface area contributed by atoms with E-state index in [1.54, 1.807) is 25.1 Å². The van der Waals surface area contributed by atoms with Crippen LogP contribution in [-0.2, 0) is 9.84 Å². The Balaban J connectivity index is 1.77. The maximum atomic E-state index is 13.7. The van der Waals surface area contributed by atoms with Crippen LogP contribution in [0.1, 0.15) is 22.7 Å². The highest BCUT2D eigenvalue weighted by Gasteiger charge is 2.29. The number of carbonyl (C=O) groups excluding carboxylic acids is 1. The van der Waals surface area contributed by atoms with Crippen LogP contribution in [0.25, 0.3) is 0 Å². The molecular formula is C16H17FN4O3S. The van der Waals surface area contributed by atoms with Gasteiger partial charge in [-0.05, 0) is 25.5 Å². The SMILES string of the molecule is Cc1nc(Nc2ccccc2F)cc(C(=O)NC2CCS(=O)(=O)C2)n1. The van der Waals surface area contributed by atoms with E-state index in [1.165, 1.54) is 12.1 Å². The second kappa shape index (κ2) is 6.75. The number of sulfone groups is 1. The summed E-state index contributed by atoms with van der Waals surface area (Å²) < 4.78 is 36.7. The van der Waals surface area contributed by atoms with Crippen LogP contribution in [0.2, 0.25) is 0 Å². The summed E-state index contributed by atoms with van der Waals surface area (Å²) in [4.78, 5) is 20.6. The Morgan fingerprint density at radius 1 is 1.28 bits per heavy atom. The van der Waals surface area contributed by atoms with Crippen molar-refractivity contribution in [3.05, 3.63) is 47.7 Å². The van der Waals surface area contributed by atoms with Crippen LogP contribution in [0.5, 0.6) is 0 Å². The van der Waals surface area contributed by atoms with E-state index < -0.39 is 27.6 Å². The molecule has 1 unspecified atom stereocenters. The van der Waals surface area contributed by atoms with E-state index in [-0.39, 0.29) is 28.7 Å². The summed E-state index contributed by atoms with van der Waals surface area (Å²) in [5.41, 5.74) is 0.324. The molecule has 0 bridgehead atoms. The molecule has 1 aromatic carbocycles. The number of benzene rings is 1. The van der Waals surface area contributed by atoms with E-state index >= 15 is 0 Å². The third-order valence-corrected chi connectivity index (χ3v) is 5.54. The highest BCUT2D eigenvalue weighted by molar-refractivity contribution is 7.91. The van der Waals surface area contributed by atoms with Crippen molar-refractivity contribution in [2.45, 2.75) is 19.4 Å². The molecule has 2 aromatic rings. The quantitative estimate of drug-likeness (QED) is 0.854. The number of amides is 1. The van der Waals surface area contributed by atoms with Gasteiger partial charge >= 0.3 is 0 Å². The van der Waals surface area contributed by atoms with Crippen LogP contribution in [0, 0.1) is 12.7 Å². The summed E-state index contributed by atoms with van der Waals surface area (Å²) in [5, 5.41) is 5.48. The zero-order valence-electron chi connectivity index (χ0n) is 13.5. The second-order valence-corrected chi connectivity index (χ2v) is 8.09. The number of nitrogens with zero attached hydrogens (tertiary/aromatic N) is 2. The molecule has 3 rings (SSSR count). The average molecular weight is 364 g/mol. The molecule has 132 valence electrons. The fourth-order valence-corrected chi connectivity index (χ4v) is 4.29. The van der Waals surface area contributed by atoms with Gasteiger partial charge in [0.15, 0.2) is 9.84 Å². The van der Waals surface area contributed by atoms with Crippen molar-refractivity contribution >= 4 is 27.2 Å². The Kier molecular flexibility index (Phi) is 4.67. The molecule has 1 aromatic heterocycles. The zero-order valence-corrected chi connectivity index (χ0v) is 14.3. The second-order valence-electron chi connectivity index (χ2n) is 5.86. The van der Waals surface area contributed by atoms with Crippen molar-refractivity contribution in [1.29, 1.82) is 0 Å². The number of halogens is 1. The summed E-state index contributed by atoms with van der Waals surface area (Å²) in [7, 11) is -3.09. The normalized spacial score (nSPS) is 18.7. The molecule has 1 saturated heterocycles. The molecule has 2 heterocycles. The Morgan fingerprint density at radius 3 is 2.72 bits per heavy atom. The third-order valence-electron chi connectivity index (χ3n) is 3.77. The van der Waals surface area contributed by atoms with Crippen molar-refractivity contribution in [2.75, 3.05) is 16.8 Å². The molecule has 1 fully saturated rings. The third kappa shape index (κ3) is 4.30. The van der Waals surface area contributed by atoms with Gasteiger partial charge in [0.2, 0.25) is 0 Å². The van der Waals surface area contributed by atoms with Crippen molar-refractivity contribution < 1.29 is 17.6 Å². The van der Waals surface area contributed by atoms with Gasteiger partial charge in [-0.25, -0.2) is 22.8 Å². The minimum Gasteiger partial charge on any atom is -0.347 e. The number of para-hydroxylation sites is 1. The fraction of sp³-hybridized carbons (Fsp3) is 0.312. The molecule has 1 aliphatic rings. The minimum absolute atomic E-state index is 0.0663. The molecule has 1 aliphatic heterocycles. The Bertz CT molecular complexity index is 917. The largest absolute Gasteiger partial charge is 0.347 e. The van der Waals surface area contributed by atoms with Gasteiger partial charge in [0.25, 0.3) is 5.91 Å². The molecule has 1 amide bonds. The molecule has 7 nitrogen and oxygen atoms in total. The van der Waals surface area contributed by atoms with E-state index in [4.69, 9.17) is 0 Å². The molecule has 0 radical (unpaired) electrons. The van der Waals surface area contributed by atoms with E-state index in [9.17, 15) is 17.6 Å². The van der Waals surface area contributed by atoms with Crippen LogP contribution in [0.3, 0.4) is 0 Å². The molecular weight excluding hydrogens is 347 g/mol. The summed E-state index contributed by atoms with van der Waals surface area (Å²) in [6, 6.07) is 7.09. The average Bonchev–Trinajstić information content (AvgIpc) is 2.88. The lowest BCUT2D eigenvalue weighted by molar-refractivity contribution is 0.0935. The molecule has 2 N–H and O–H groups in total. The monoisotopic (exact) mass is 364 g/mol. The molecule has 9 heteroatoms. The van der Waals surface area contributed by atoms with Gasteiger partial charge in [-0.15, -0.1) is 0 Å². The van der Waals surface area contributed by atoms with Crippen LogP contribution in [0.4, 0.5) is 15.9 Å². The van der Waals surface area contributed by atoms with Gasteiger partial charge in [0.05, 0.1) is 17.2 Å². The smallest absolute Gasteiger partial charge is 0.270 e. The van der Waals surface area contributed by atoms with E-state index in [0.29, 0.717) is 12.2 Å². The number of rotatable bonds is 4. The van der Waals surface area contributed by atoms with Gasteiger partial charge in [-0.1, -0.05) is 12.1 Å². The highest BCUT2D eigenvalue weighted by Crippen LogP contribution is 2.19. The Hall–Kier alpha value is -2.55. The fourth-order valence-electron chi connectivity index (χ4n) is 2.62. The summed E-state index contributed by atoms with van der Waals surface area (Å²) in [5.74, 6) is -0.304. The van der Waals surface area contributed by atoms with Crippen LogP contribution < -0.4 is 10.6 Å². The van der Waals surface area contributed by atoms with Gasteiger partial charge < -0.3 is 10.6 Å². The van der Waals surface area contributed by atoms with Gasteiger partial charge in [0.1, 0.15) is 23.2 Å². The first-order chi connectivity index (χ1) is 11.8. The number of aromatic nitrogens is 2. The number of anilines is 2. The predicted molar refractivity (Wildman–Crippen MR) is 91.0 cm³/mol. The van der Waals surface area contributed by atoms with Crippen LogP contribution >= 0.6 is 0 Å². The first-order valence-electron chi connectivity index (χ1n) is 7.71. The summed E-state index contributed by atoms with van der Waals surface area (Å²) in [6.45, 7) is 1.61. The first-order valence-corrected chi connectivity index (χ1v) is 9.53. The topological polar surface area (TPSA) is 101 Å². The lowest BCUT2D eigenvalue weighted by atomic mass is 10.2. The number of nitrogens with one attached hydrogen (secondary N) is 2. The highest BCUT2D eigenvalue weighted by atomic mass is 32.2. The lowest BCUT2D eigenvalue weighted by Crippen LogP contribution is -2.36. The van der Waals surface area contributed by atoms with E-state index in [0.717, 1.165) is 0 Å². The predicted octanol–water partition coefficient (Wildman–Crippen LogP) is 1.58. The lowest BCUT2D eigenvalue weighted by Gasteiger charge is -2.12. The maximum absolute atomic E-state index is 13.7. The van der Waals surface area contributed by atoms with Gasteiger partial charge in [-0.2, -0.15) is 0 Å². The minimum atomic E-state index is -3.09. The molecule has 25 heavy (non-hydrogen) atoms. The van der Waals surface area contributed by atoms with E-state index in [2.05, 4.69) is 20.6 Å².